The first kappa shape index (κ1) is 18.0. The zero-order chi connectivity index (χ0) is 18.9. The maximum atomic E-state index is 13.9. The van der Waals surface area contributed by atoms with E-state index in [0.717, 1.165) is 18.4 Å². The molecular weight excluding hydrogens is 347 g/mol. The lowest BCUT2D eigenvalue weighted by Crippen LogP contribution is -2.55. The molecule has 1 spiro atoms. The summed E-state index contributed by atoms with van der Waals surface area (Å²) in [5, 5.41) is 7.27. The summed E-state index contributed by atoms with van der Waals surface area (Å²) in [6, 6.07) is 6.17. The van der Waals surface area contributed by atoms with Crippen LogP contribution >= 0.6 is 0 Å². The Balaban J connectivity index is 1.41. The van der Waals surface area contributed by atoms with Crippen LogP contribution in [0.3, 0.4) is 0 Å². The summed E-state index contributed by atoms with van der Waals surface area (Å²) in [6.45, 7) is 3.76. The molecule has 1 saturated heterocycles. The molecule has 1 aliphatic carbocycles. The number of amides is 2. The zero-order valence-electron chi connectivity index (χ0n) is 15.5. The Morgan fingerprint density at radius 1 is 1.33 bits per heavy atom. The minimum absolute atomic E-state index is 0.0873. The number of rotatable bonds is 3. The molecule has 144 valence electrons. The van der Waals surface area contributed by atoms with Gasteiger partial charge in [0, 0.05) is 18.3 Å². The van der Waals surface area contributed by atoms with E-state index in [4.69, 9.17) is 4.74 Å². The van der Waals surface area contributed by atoms with Crippen molar-refractivity contribution in [2.45, 2.75) is 44.2 Å². The normalized spacial score (nSPS) is 20.0. The van der Waals surface area contributed by atoms with Crippen molar-refractivity contribution in [1.29, 1.82) is 0 Å². The van der Waals surface area contributed by atoms with E-state index in [0.29, 0.717) is 25.4 Å². The lowest BCUT2D eigenvalue weighted by molar-refractivity contribution is -0.0927. The van der Waals surface area contributed by atoms with Crippen LogP contribution in [0.4, 0.5) is 9.18 Å². The van der Waals surface area contributed by atoms with E-state index >= 15 is 0 Å². The topological polar surface area (TPSA) is 59.4 Å². The van der Waals surface area contributed by atoms with Crippen LogP contribution in [0.5, 0.6) is 0 Å². The highest BCUT2D eigenvalue weighted by Gasteiger charge is 2.40. The van der Waals surface area contributed by atoms with Gasteiger partial charge < -0.3 is 15.0 Å². The number of halogens is 1. The third-order valence-corrected chi connectivity index (χ3v) is 5.59. The quantitative estimate of drug-likeness (QED) is 0.898. The van der Waals surface area contributed by atoms with Gasteiger partial charge >= 0.3 is 6.03 Å². The summed E-state index contributed by atoms with van der Waals surface area (Å²) >= 11 is 0. The van der Waals surface area contributed by atoms with Crippen LogP contribution in [0.1, 0.15) is 44.2 Å². The van der Waals surface area contributed by atoms with Crippen LogP contribution in [0.15, 0.2) is 36.7 Å². The van der Waals surface area contributed by atoms with Crippen LogP contribution < -0.4 is 5.32 Å². The van der Waals surface area contributed by atoms with E-state index in [1.165, 1.54) is 23.6 Å². The molecule has 0 bridgehead atoms. The van der Waals surface area contributed by atoms with E-state index in [9.17, 15) is 9.18 Å². The predicted octanol–water partition coefficient (Wildman–Crippen LogP) is 3.43. The maximum absolute atomic E-state index is 13.9. The van der Waals surface area contributed by atoms with Crippen molar-refractivity contribution < 1.29 is 13.9 Å². The van der Waals surface area contributed by atoms with E-state index in [1.54, 1.807) is 30.6 Å². The third-order valence-electron chi connectivity index (χ3n) is 5.59. The Bertz CT molecular complexity index is 816. The second-order valence-electron chi connectivity index (χ2n) is 7.50. The number of hydrogen-bond donors (Lipinski definition) is 1. The first-order chi connectivity index (χ1) is 13.1. The number of para-hydroxylation sites is 1. The summed E-state index contributed by atoms with van der Waals surface area (Å²) in [4.78, 5) is 14.6. The van der Waals surface area contributed by atoms with Crippen LogP contribution in [-0.2, 0) is 4.74 Å². The molecular formula is C20H25FN4O2. The average Bonchev–Trinajstić information content (AvgIpc) is 3.32. The molecule has 1 aromatic heterocycles. The minimum atomic E-state index is -0.334. The van der Waals surface area contributed by atoms with Gasteiger partial charge in [-0.2, -0.15) is 5.10 Å². The van der Waals surface area contributed by atoms with Crippen molar-refractivity contribution in [3.63, 3.8) is 0 Å². The van der Waals surface area contributed by atoms with Gasteiger partial charge in [-0.15, -0.1) is 0 Å². The smallest absolute Gasteiger partial charge is 0.318 e. The molecule has 1 aliphatic heterocycles. The Morgan fingerprint density at radius 2 is 2.11 bits per heavy atom. The van der Waals surface area contributed by atoms with Crippen LogP contribution in [0.2, 0.25) is 0 Å². The molecule has 2 aliphatic rings. The Labute approximate surface area is 158 Å². The number of nitrogens with one attached hydrogen (secondary N) is 1. The van der Waals surface area contributed by atoms with Gasteiger partial charge in [-0.3, -0.25) is 0 Å². The van der Waals surface area contributed by atoms with E-state index in [1.807, 2.05) is 11.8 Å². The van der Waals surface area contributed by atoms with Crippen molar-refractivity contribution in [3.05, 3.63) is 48.0 Å². The molecule has 2 amide bonds. The molecule has 2 fully saturated rings. The number of ether oxygens (including phenoxy) is 1. The number of nitrogens with zero attached hydrogens (tertiary/aromatic N) is 3. The molecule has 1 atom stereocenters. The zero-order valence-corrected chi connectivity index (χ0v) is 15.5. The number of morpholine rings is 1. The summed E-state index contributed by atoms with van der Waals surface area (Å²) in [6.07, 6.45) is 7.81. The second-order valence-corrected chi connectivity index (χ2v) is 7.50. The molecule has 6 nitrogen and oxygen atoms in total. The molecule has 2 heterocycles. The fraction of sp³-hybridized carbons (Fsp3) is 0.500. The van der Waals surface area contributed by atoms with Gasteiger partial charge in [0.15, 0.2) is 0 Å². The molecule has 0 unspecified atom stereocenters. The number of aromatic nitrogens is 2. The molecule has 0 radical (unpaired) electrons. The number of benzene rings is 1. The van der Waals surface area contributed by atoms with E-state index in [-0.39, 0.29) is 23.5 Å². The Hall–Kier alpha value is -2.41. The molecule has 7 heteroatoms. The fourth-order valence-electron chi connectivity index (χ4n) is 4.03. The largest absolute Gasteiger partial charge is 0.371 e. The fourth-order valence-corrected chi connectivity index (χ4v) is 4.03. The number of carbonyl (C=O) groups excluding carboxylic acids is 1. The van der Waals surface area contributed by atoms with E-state index in [2.05, 4.69) is 10.4 Å². The lowest BCUT2D eigenvalue weighted by atomic mass is 10.00. The van der Waals surface area contributed by atoms with E-state index < -0.39 is 0 Å². The predicted molar refractivity (Wildman–Crippen MR) is 99.2 cm³/mol. The molecule has 1 aromatic carbocycles. The molecule has 4 rings (SSSR count). The Kier molecular flexibility index (Phi) is 4.86. The molecule has 1 N–H and O–H groups in total. The average molecular weight is 372 g/mol. The first-order valence-electron chi connectivity index (χ1n) is 9.55. The third kappa shape index (κ3) is 3.69. The Morgan fingerprint density at radius 3 is 2.89 bits per heavy atom. The first-order valence-corrected chi connectivity index (χ1v) is 9.55. The highest BCUT2D eigenvalue weighted by Crippen LogP contribution is 2.35. The van der Waals surface area contributed by atoms with Crippen molar-refractivity contribution in [1.82, 2.24) is 20.0 Å². The van der Waals surface area contributed by atoms with Crippen LogP contribution in [-0.4, -0.2) is 46.0 Å². The second kappa shape index (κ2) is 7.31. The molecule has 27 heavy (non-hydrogen) atoms. The lowest BCUT2D eigenvalue weighted by Gasteiger charge is -2.40. The standard InChI is InChI=1S/C20H25FN4O2/c1-15(16-12-22-25(13-16)18-7-3-2-6-17(18)21)23-19(26)24-10-11-27-20(14-24)8-4-5-9-20/h2-3,6-7,12-13,15H,4-5,8-11,14H2,1H3,(H,23,26)/t15-/m0/s1. The monoisotopic (exact) mass is 372 g/mol. The van der Waals surface area contributed by atoms with Crippen LogP contribution in [0.25, 0.3) is 5.69 Å². The van der Waals surface area contributed by atoms with Crippen molar-refractivity contribution >= 4 is 6.03 Å². The SMILES string of the molecule is C[C@H](NC(=O)N1CCOC2(CCCC2)C1)c1cnn(-c2ccccc2F)c1. The number of carbonyl (C=O) groups is 1. The van der Waals surface area contributed by atoms with Gasteiger partial charge in [0.05, 0.1) is 31.0 Å². The summed E-state index contributed by atoms with van der Waals surface area (Å²) in [7, 11) is 0. The highest BCUT2D eigenvalue weighted by molar-refractivity contribution is 5.75. The highest BCUT2D eigenvalue weighted by atomic mass is 19.1. The van der Waals surface area contributed by atoms with Gasteiger partial charge in [0.25, 0.3) is 0 Å². The van der Waals surface area contributed by atoms with Gasteiger partial charge in [-0.1, -0.05) is 25.0 Å². The van der Waals surface area contributed by atoms with Gasteiger partial charge in [-0.25, -0.2) is 13.9 Å². The summed E-state index contributed by atoms with van der Waals surface area (Å²) in [5.41, 5.74) is 1.07. The van der Waals surface area contributed by atoms with Crippen molar-refractivity contribution in [2.75, 3.05) is 19.7 Å². The molecule has 1 saturated carbocycles. The minimum Gasteiger partial charge on any atom is -0.371 e. The van der Waals surface area contributed by atoms with Gasteiger partial charge in [0.2, 0.25) is 0 Å². The van der Waals surface area contributed by atoms with Gasteiger partial charge in [0.1, 0.15) is 11.5 Å². The maximum Gasteiger partial charge on any atom is 0.318 e. The summed E-state index contributed by atoms with van der Waals surface area (Å²) in [5.74, 6) is -0.334. The number of hydrogen-bond acceptors (Lipinski definition) is 3. The molecule has 2 aromatic rings. The van der Waals surface area contributed by atoms with Gasteiger partial charge in [-0.05, 0) is 31.9 Å². The van der Waals surface area contributed by atoms with Crippen molar-refractivity contribution in [3.8, 4) is 5.69 Å². The summed E-state index contributed by atoms with van der Waals surface area (Å²) < 4.78 is 21.4. The number of urea groups is 1. The van der Waals surface area contributed by atoms with Crippen molar-refractivity contribution in [2.24, 2.45) is 0 Å². The van der Waals surface area contributed by atoms with Crippen LogP contribution in [0, 0.1) is 5.82 Å².